The molecular weight excluding hydrogens is 310 g/mol. The van der Waals surface area contributed by atoms with E-state index in [-0.39, 0.29) is 22.4 Å². The van der Waals surface area contributed by atoms with Gasteiger partial charge in [0.2, 0.25) is 5.78 Å². The zero-order valence-electron chi connectivity index (χ0n) is 16.2. The van der Waals surface area contributed by atoms with E-state index in [1.54, 1.807) is 13.1 Å². The molecule has 0 heterocycles. The predicted octanol–water partition coefficient (Wildman–Crippen LogP) is 4.36. The van der Waals surface area contributed by atoms with Crippen LogP contribution in [0.5, 0.6) is 0 Å². The first-order valence-electron chi connectivity index (χ1n) is 9.58. The smallest absolute Gasteiger partial charge is 0.202 e. The molecule has 3 heteroatoms. The number of carbonyl (C=O) groups is 2. The number of allylic oxidation sites excluding steroid dienone is 5. The molecular formula is C22H31NO2. The van der Waals surface area contributed by atoms with Crippen LogP contribution in [0.2, 0.25) is 0 Å². The van der Waals surface area contributed by atoms with E-state index in [0.717, 1.165) is 6.42 Å². The van der Waals surface area contributed by atoms with Gasteiger partial charge in [0.1, 0.15) is 0 Å². The van der Waals surface area contributed by atoms with Crippen molar-refractivity contribution in [2.75, 3.05) is 7.05 Å². The summed E-state index contributed by atoms with van der Waals surface area (Å²) in [7, 11) is 1.68. The molecule has 4 atom stereocenters. The Morgan fingerprint density at radius 1 is 1.16 bits per heavy atom. The largest absolute Gasteiger partial charge is 0.385 e. The Labute approximate surface area is 151 Å². The van der Waals surface area contributed by atoms with Crippen LogP contribution < -0.4 is 5.32 Å². The third-order valence-electron chi connectivity index (χ3n) is 7.60. The Morgan fingerprint density at radius 3 is 2.56 bits per heavy atom. The average molecular weight is 341 g/mol. The van der Waals surface area contributed by atoms with Crippen molar-refractivity contribution in [3.63, 3.8) is 0 Å². The molecule has 3 nitrogen and oxygen atoms in total. The number of rotatable bonds is 3. The fourth-order valence-electron chi connectivity index (χ4n) is 5.55. The third kappa shape index (κ3) is 2.82. The summed E-state index contributed by atoms with van der Waals surface area (Å²) in [5.41, 5.74) is 2.88. The fraction of sp³-hybridized carbons (Fsp3) is 0.636. The molecule has 25 heavy (non-hydrogen) atoms. The Balaban J connectivity index is 1.94. The van der Waals surface area contributed by atoms with Crippen LogP contribution in [-0.2, 0) is 9.59 Å². The number of ketones is 2. The maximum atomic E-state index is 12.6. The minimum atomic E-state index is -0.0772. The van der Waals surface area contributed by atoms with E-state index in [4.69, 9.17) is 0 Å². The van der Waals surface area contributed by atoms with Gasteiger partial charge in [-0.3, -0.25) is 9.59 Å². The standard InChI is InChI=1S/C22H31NO2/c1-14-7-6-8-20-21(14,3)10-9-15(2)22(20,4)13-16-11-19(25)17(23-5)12-18(16)24/h7,11-12,15,20,23H,6,8-10,13H2,1-5H3/t15-,20?,21+,22+/m0/s1. The van der Waals surface area contributed by atoms with Crippen molar-refractivity contribution in [3.05, 3.63) is 35.1 Å². The molecule has 0 aromatic rings. The van der Waals surface area contributed by atoms with E-state index in [2.05, 4.69) is 39.1 Å². The van der Waals surface area contributed by atoms with Gasteiger partial charge in [-0.2, -0.15) is 0 Å². The normalized spacial score (nSPS) is 38.5. The van der Waals surface area contributed by atoms with Crippen LogP contribution in [0.25, 0.3) is 0 Å². The number of hydrogen-bond acceptors (Lipinski definition) is 3. The van der Waals surface area contributed by atoms with Gasteiger partial charge < -0.3 is 5.32 Å². The number of nitrogens with one attached hydrogen (secondary N) is 1. The van der Waals surface area contributed by atoms with Crippen LogP contribution in [-0.4, -0.2) is 18.6 Å². The van der Waals surface area contributed by atoms with Gasteiger partial charge in [0.05, 0.1) is 5.70 Å². The molecule has 1 saturated carbocycles. The molecule has 0 aromatic heterocycles. The van der Waals surface area contributed by atoms with Crippen molar-refractivity contribution in [3.8, 4) is 0 Å². The summed E-state index contributed by atoms with van der Waals surface area (Å²) in [4.78, 5) is 24.8. The van der Waals surface area contributed by atoms with Crippen LogP contribution in [0.15, 0.2) is 35.1 Å². The second-order valence-corrected chi connectivity index (χ2v) is 8.76. The Hall–Kier alpha value is -1.64. The van der Waals surface area contributed by atoms with Gasteiger partial charge in [0.15, 0.2) is 5.78 Å². The summed E-state index contributed by atoms with van der Waals surface area (Å²) in [6.45, 7) is 9.37. The molecule has 3 aliphatic rings. The van der Waals surface area contributed by atoms with E-state index in [1.807, 2.05) is 0 Å². The first-order chi connectivity index (χ1) is 11.7. The van der Waals surface area contributed by atoms with E-state index in [0.29, 0.717) is 29.5 Å². The summed E-state index contributed by atoms with van der Waals surface area (Å²) in [6.07, 6.45) is 10.9. The lowest BCUT2D eigenvalue weighted by Crippen LogP contribution is -2.50. The molecule has 0 saturated heterocycles. The second-order valence-electron chi connectivity index (χ2n) is 8.76. The molecule has 0 aliphatic heterocycles. The highest BCUT2D eigenvalue weighted by Gasteiger charge is 2.53. The van der Waals surface area contributed by atoms with Crippen molar-refractivity contribution < 1.29 is 9.59 Å². The maximum Gasteiger partial charge on any atom is 0.202 e. The summed E-state index contributed by atoms with van der Waals surface area (Å²) < 4.78 is 0. The first kappa shape index (κ1) is 18.2. The van der Waals surface area contributed by atoms with E-state index >= 15 is 0 Å². The van der Waals surface area contributed by atoms with Crippen molar-refractivity contribution >= 4 is 11.6 Å². The molecule has 1 N–H and O–H groups in total. The zero-order valence-corrected chi connectivity index (χ0v) is 16.2. The van der Waals surface area contributed by atoms with Crippen molar-refractivity contribution in [1.29, 1.82) is 0 Å². The lowest BCUT2D eigenvalue weighted by molar-refractivity contribution is -0.116. The fourth-order valence-corrected chi connectivity index (χ4v) is 5.55. The number of likely N-dealkylation sites (N-methyl/N-ethyl adjacent to an activating group) is 1. The molecule has 136 valence electrons. The van der Waals surface area contributed by atoms with Crippen molar-refractivity contribution in [2.45, 2.75) is 59.8 Å². The number of fused-ring (bicyclic) bond motifs is 1. The maximum absolute atomic E-state index is 12.6. The highest BCUT2D eigenvalue weighted by atomic mass is 16.1. The van der Waals surface area contributed by atoms with Gasteiger partial charge in [-0.25, -0.2) is 0 Å². The Bertz CT molecular complexity index is 699. The summed E-state index contributed by atoms with van der Waals surface area (Å²) in [6, 6.07) is 0. The molecule has 0 amide bonds. The van der Waals surface area contributed by atoms with Crippen LogP contribution in [0.4, 0.5) is 0 Å². The molecule has 0 radical (unpaired) electrons. The van der Waals surface area contributed by atoms with Crippen molar-refractivity contribution in [1.82, 2.24) is 5.32 Å². The molecule has 1 unspecified atom stereocenters. The monoisotopic (exact) mass is 341 g/mol. The molecule has 0 bridgehead atoms. The number of hydrogen-bond donors (Lipinski definition) is 1. The van der Waals surface area contributed by atoms with Crippen LogP contribution in [0, 0.1) is 22.7 Å². The van der Waals surface area contributed by atoms with Crippen LogP contribution in [0.3, 0.4) is 0 Å². The van der Waals surface area contributed by atoms with Gasteiger partial charge in [-0.15, -0.1) is 0 Å². The molecule has 3 rings (SSSR count). The van der Waals surface area contributed by atoms with Crippen molar-refractivity contribution in [2.24, 2.45) is 22.7 Å². The average Bonchev–Trinajstić information content (AvgIpc) is 2.57. The third-order valence-corrected chi connectivity index (χ3v) is 7.60. The summed E-state index contributed by atoms with van der Waals surface area (Å²) >= 11 is 0. The first-order valence-corrected chi connectivity index (χ1v) is 9.58. The van der Waals surface area contributed by atoms with Crippen LogP contribution in [0.1, 0.15) is 59.8 Å². The highest BCUT2D eigenvalue weighted by molar-refractivity contribution is 6.19. The Kier molecular flexibility index (Phi) is 4.55. The topological polar surface area (TPSA) is 46.2 Å². The lowest BCUT2D eigenvalue weighted by atomic mass is 9.46. The SMILES string of the molecule is CNC1=CC(=O)C(C[C@@]2(C)C3CCC=C(C)[C@@]3(C)CC[C@@H]2C)=CC1=O. The molecule has 3 aliphatic carbocycles. The predicted molar refractivity (Wildman–Crippen MR) is 101 cm³/mol. The minimum Gasteiger partial charge on any atom is -0.385 e. The number of carbonyl (C=O) groups excluding carboxylic acids is 2. The van der Waals surface area contributed by atoms with Gasteiger partial charge in [-0.1, -0.05) is 32.4 Å². The van der Waals surface area contributed by atoms with Gasteiger partial charge in [0.25, 0.3) is 0 Å². The lowest BCUT2D eigenvalue weighted by Gasteiger charge is -2.58. The van der Waals surface area contributed by atoms with Gasteiger partial charge in [0, 0.05) is 18.7 Å². The van der Waals surface area contributed by atoms with E-state index in [1.165, 1.54) is 30.9 Å². The van der Waals surface area contributed by atoms with E-state index in [9.17, 15) is 9.59 Å². The quantitative estimate of drug-likeness (QED) is 0.613. The van der Waals surface area contributed by atoms with Gasteiger partial charge in [-0.05, 0) is 67.8 Å². The summed E-state index contributed by atoms with van der Waals surface area (Å²) in [5.74, 6) is 1.03. The second kappa shape index (κ2) is 6.26. The minimum absolute atomic E-state index is 0.00674. The van der Waals surface area contributed by atoms with Crippen LogP contribution >= 0.6 is 0 Å². The molecule has 1 fully saturated rings. The van der Waals surface area contributed by atoms with E-state index < -0.39 is 0 Å². The highest BCUT2D eigenvalue weighted by Crippen LogP contribution is 2.62. The Morgan fingerprint density at radius 2 is 1.88 bits per heavy atom. The molecule has 0 aromatic carbocycles. The molecule has 0 spiro atoms. The van der Waals surface area contributed by atoms with Gasteiger partial charge >= 0.3 is 0 Å². The summed E-state index contributed by atoms with van der Waals surface area (Å²) in [5, 5.41) is 2.82. The zero-order chi connectivity index (χ0) is 18.4.